The molecule has 2 rings (SSSR count). The summed E-state index contributed by atoms with van der Waals surface area (Å²) in [5.41, 5.74) is 13.5. The minimum Gasteiger partial charge on any atom is -0.397 e. The first kappa shape index (κ1) is 13.7. The summed E-state index contributed by atoms with van der Waals surface area (Å²) in [5.74, 6) is 0.164. The first-order chi connectivity index (χ1) is 8.69. The van der Waals surface area contributed by atoms with Crippen molar-refractivity contribution in [2.45, 2.75) is 20.3 Å². The molecule has 104 valence electrons. The first-order valence-corrected chi connectivity index (χ1v) is 7.74. The summed E-state index contributed by atoms with van der Waals surface area (Å²) in [4.78, 5) is 0. The van der Waals surface area contributed by atoms with Crippen LogP contribution < -0.4 is 16.8 Å². The molecule has 0 aromatic heterocycles. The Morgan fingerprint density at radius 1 is 1.26 bits per heavy atom. The third kappa shape index (κ3) is 3.20. The number of nitrogen functional groups attached to an aromatic ring is 2. The van der Waals surface area contributed by atoms with Gasteiger partial charge in [0.05, 0.1) is 22.8 Å². The van der Waals surface area contributed by atoms with Gasteiger partial charge in [-0.2, -0.15) is 0 Å². The monoisotopic (exact) mass is 281 g/mol. The summed E-state index contributed by atoms with van der Waals surface area (Å²) in [5, 5.41) is 4.37. The fraction of sp³-hybridized carbons (Fsp3) is 0.385. The Morgan fingerprint density at radius 3 is 2.58 bits per heavy atom. The highest BCUT2D eigenvalue weighted by Gasteiger charge is 2.31. The second-order valence-corrected chi connectivity index (χ2v) is 7.57. The van der Waals surface area contributed by atoms with Crippen molar-refractivity contribution in [2.75, 3.05) is 22.5 Å². The third-order valence-corrected chi connectivity index (χ3v) is 4.85. The summed E-state index contributed by atoms with van der Waals surface area (Å²) in [6.45, 7) is 3.86. The number of hydrogen-bond donors (Lipinski definition) is 3. The molecule has 0 saturated carbocycles. The molecule has 19 heavy (non-hydrogen) atoms. The Hall–Kier alpha value is -1.69. The molecule has 1 aliphatic heterocycles. The summed E-state index contributed by atoms with van der Waals surface area (Å²) in [6, 6.07) is 5.26. The fourth-order valence-electron chi connectivity index (χ4n) is 2.35. The molecule has 0 bridgehead atoms. The molecule has 0 atom stereocenters. The molecule has 0 fully saturated rings. The summed E-state index contributed by atoms with van der Waals surface area (Å²) < 4.78 is 23.7. The molecule has 5 nitrogen and oxygen atoms in total. The van der Waals surface area contributed by atoms with Crippen LogP contribution in [0, 0.1) is 5.41 Å². The van der Waals surface area contributed by atoms with Crippen LogP contribution in [0.3, 0.4) is 0 Å². The van der Waals surface area contributed by atoms with Crippen LogP contribution in [0.1, 0.15) is 20.3 Å². The van der Waals surface area contributed by atoms with E-state index in [4.69, 9.17) is 11.5 Å². The van der Waals surface area contributed by atoms with Gasteiger partial charge in [0.2, 0.25) is 0 Å². The highest BCUT2D eigenvalue weighted by Crippen LogP contribution is 2.34. The van der Waals surface area contributed by atoms with E-state index in [9.17, 15) is 8.42 Å². The molecular formula is C13H19N3O2S. The number of para-hydroxylation sites is 1. The fourth-order valence-corrected chi connectivity index (χ4v) is 4.20. The number of nitrogens with two attached hydrogens (primary N) is 2. The zero-order valence-corrected chi connectivity index (χ0v) is 11.9. The van der Waals surface area contributed by atoms with E-state index >= 15 is 0 Å². The van der Waals surface area contributed by atoms with E-state index in [-0.39, 0.29) is 11.2 Å². The van der Waals surface area contributed by atoms with Crippen molar-refractivity contribution < 1.29 is 8.42 Å². The van der Waals surface area contributed by atoms with Gasteiger partial charge < -0.3 is 16.8 Å². The average molecular weight is 281 g/mol. The minimum atomic E-state index is -3.18. The predicted octanol–water partition coefficient (Wildman–Crippen LogP) is 1.95. The number of nitrogens with one attached hydrogen (secondary N) is 1. The number of allylic oxidation sites excluding steroid dienone is 1. The van der Waals surface area contributed by atoms with E-state index in [0.29, 0.717) is 29.2 Å². The molecule has 1 aromatic carbocycles. The van der Waals surface area contributed by atoms with Gasteiger partial charge in [0, 0.05) is 11.1 Å². The summed E-state index contributed by atoms with van der Waals surface area (Å²) in [6.07, 6.45) is 0.653. The third-order valence-electron chi connectivity index (χ3n) is 3.02. The Balaban J connectivity index is 2.33. The van der Waals surface area contributed by atoms with Crippen molar-refractivity contribution in [3.63, 3.8) is 0 Å². The lowest BCUT2D eigenvalue weighted by molar-refractivity contribution is 0.405. The van der Waals surface area contributed by atoms with Gasteiger partial charge in [-0.15, -0.1) is 0 Å². The van der Waals surface area contributed by atoms with E-state index in [1.165, 1.54) is 5.41 Å². The number of hydrogen-bond acceptors (Lipinski definition) is 5. The smallest absolute Gasteiger partial charge is 0.173 e. The maximum Gasteiger partial charge on any atom is 0.173 e. The van der Waals surface area contributed by atoms with Crippen LogP contribution >= 0.6 is 0 Å². The van der Waals surface area contributed by atoms with Gasteiger partial charge in [-0.1, -0.05) is 19.9 Å². The standard InChI is InChI=1S/C13H19N3O2S/c1-13(2)6-9(7-19(17,18)8-13)16-11-5-3-4-10(14)12(11)15/h3-5,7,16H,6,8,14-15H2,1-2H3. The van der Waals surface area contributed by atoms with Gasteiger partial charge in [0.1, 0.15) is 0 Å². The van der Waals surface area contributed by atoms with Crippen molar-refractivity contribution in [3.8, 4) is 0 Å². The molecule has 0 radical (unpaired) electrons. The summed E-state index contributed by atoms with van der Waals surface area (Å²) in [7, 11) is -3.18. The zero-order valence-electron chi connectivity index (χ0n) is 11.1. The van der Waals surface area contributed by atoms with Crippen LogP contribution in [0.15, 0.2) is 29.3 Å². The van der Waals surface area contributed by atoms with Gasteiger partial charge in [0.25, 0.3) is 0 Å². The second kappa shape index (κ2) is 4.45. The van der Waals surface area contributed by atoms with E-state index in [2.05, 4.69) is 5.32 Å². The molecule has 0 spiro atoms. The second-order valence-electron chi connectivity index (χ2n) is 5.72. The average Bonchev–Trinajstić information content (AvgIpc) is 2.20. The molecule has 0 unspecified atom stereocenters. The van der Waals surface area contributed by atoms with Gasteiger partial charge >= 0.3 is 0 Å². The number of sulfone groups is 1. The van der Waals surface area contributed by atoms with E-state index < -0.39 is 9.84 Å². The Kier molecular flexibility index (Phi) is 3.22. The van der Waals surface area contributed by atoms with Crippen molar-refractivity contribution in [3.05, 3.63) is 29.3 Å². The van der Waals surface area contributed by atoms with Gasteiger partial charge in [-0.05, 0) is 24.0 Å². The zero-order chi connectivity index (χ0) is 14.3. The maximum absolute atomic E-state index is 11.8. The predicted molar refractivity (Wildman–Crippen MR) is 79.2 cm³/mol. The molecule has 1 aliphatic rings. The Morgan fingerprint density at radius 2 is 1.95 bits per heavy atom. The molecule has 1 heterocycles. The molecule has 5 N–H and O–H groups in total. The number of benzene rings is 1. The minimum absolute atomic E-state index is 0.164. The lowest BCUT2D eigenvalue weighted by Gasteiger charge is -2.30. The van der Waals surface area contributed by atoms with Gasteiger partial charge in [-0.3, -0.25) is 0 Å². The van der Waals surface area contributed by atoms with Crippen molar-refractivity contribution >= 4 is 26.9 Å². The van der Waals surface area contributed by atoms with Crippen LogP contribution in [-0.4, -0.2) is 14.2 Å². The first-order valence-electron chi connectivity index (χ1n) is 6.03. The molecule has 6 heteroatoms. The summed E-state index contributed by atoms with van der Waals surface area (Å²) >= 11 is 0. The normalized spacial score (nSPS) is 20.6. The SMILES string of the molecule is CC1(C)CC(Nc2cccc(N)c2N)=CS(=O)(=O)C1. The van der Waals surface area contributed by atoms with Crippen molar-refractivity contribution in [1.29, 1.82) is 0 Å². The van der Waals surface area contributed by atoms with Crippen LogP contribution in [0.25, 0.3) is 0 Å². The lowest BCUT2D eigenvalue weighted by Crippen LogP contribution is -2.29. The Labute approximate surface area is 113 Å². The van der Waals surface area contributed by atoms with Crippen LogP contribution in [0.2, 0.25) is 0 Å². The molecule has 0 amide bonds. The van der Waals surface area contributed by atoms with Crippen LogP contribution in [-0.2, 0) is 9.84 Å². The highest BCUT2D eigenvalue weighted by atomic mass is 32.2. The molecule has 0 aliphatic carbocycles. The van der Waals surface area contributed by atoms with Crippen molar-refractivity contribution in [2.24, 2.45) is 5.41 Å². The molecule has 1 aromatic rings. The van der Waals surface area contributed by atoms with E-state index in [1.807, 2.05) is 13.8 Å². The molecular weight excluding hydrogens is 262 g/mol. The van der Waals surface area contributed by atoms with Crippen molar-refractivity contribution in [1.82, 2.24) is 0 Å². The topological polar surface area (TPSA) is 98.2 Å². The maximum atomic E-state index is 11.8. The number of anilines is 3. The largest absolute Gasteiger partial charge is 0.397 e. The quantitative estimate of drug-likeness (QED) is 0.720. The van der Waals surface area contributed by atoms with Gasteiger partial charge in [-0.25, -0.2) is 8.42 Å². The van der Waals surface area contributed by atoms with Crippen LogP contribution in [0.4, 0.5) is 17.1 Å². The van der Waals surface area contributed by atoms with E-state index in [1.54, 1.807) is 18.2 Å². The van der Waals surface area contributed by atoms with Crippen LogP contribution in [0.5, 0.6) is 0 Å². The van der Waals surface area contributed by atoms with E-state index in [0.717, 1.165) is 0 Å². The molecule has 0 saturated heterocycles. The number of rotatable bonds is 2. The lowest BCUT2D eigenvalue weighted by atomic mass is 9.90. The van der Waals surface area contributed by atoms with Gasteiger partial charge in [0.15, 0.2) is 9.84 Å². The Bertz CT molecular complexity index is 633. The highest BCUT2D eigenvalue weighted by molar-refractivity contribution is 7.94.